The lowest BCUT2D eigenvalue weighted by atomic mass is 10.1. The van der Waals surface area contributed by atoms with Crippen LogP contribution in [0.25, 0.3) is 0 Å². The molecule has 54 valence electrons. The zero-order valence-electron chi connectivity index (χ0n) is 5.91. The number of halogens is 1. The molecule has 0 fully saturated rings. The van der Waals surface area contributed by atoms with E-state index in [9.17, 15) is 0 Å². The van der Waals surface area contributed by atoms with Crippen molar-refractivity contribution in [2.24, 2.45) is 0 Å². The molecular formula is C8H15Cl. The summed E-state index contributed by atoms with van der Waals surface area (Å²) in [5, 5.41) is 0. The normalized spacial score (nSPS) is 10.0. The van der Waals surface area contributed by atoms with Crippen molar-refractivity contribution in [2.75, 3.05) is 0 Å². The topological polar surface area (TPSA) is 0 Å². The van der Waals surface area contributed by atoms with Gasteiger partial charge in [-0.2, -0.15) is 0 Å². The molecule has 0 saturated heterocycles. The summed E-state index contributed by atoms with van der Waals surface area (Å²) in [7, 11) is 0. The Balaban J connectivity index is 2.60. The van der Waals surface area contributed by atoms with Gasteiger partial charge in [0.1, 0.15) is 0 Å². The Morgan fingerprint density at radius 2 is 1.78 bits per heavy atom. The third-order valence-corrected chi connectivity index (χ3v) is 1.53. The first-order chi connectivity index (χ1) is 4.41. The van der Waals surface area contributed by atoms with Gasteiger partial charge in [-0.05, 0) is 6.42 Å². The maximum Gasteiger partial charge on any atom is 0.0499 e. The third kappa shape index (κ3) is 8.29. The van der Waals surface area contributed by atoms with E-state index in [4.69, 9.17) is 11.6 Å². The van der Waals surface area contributed by atoms with E-state index in [2.05, 4.69) is 6.92 Å². The van der Waals surface area contributed by atoms with Gasteiger partial charge in [-0.15, -0.1) is 11.6 Å². The first-order valence-electron chi connectivity index (χ1n) is 3.63. The summed E-state index contributed by atoms with van der Waals surface area (Å²) in [6.45, 7) is 3.77. The van der Waals surface area contributed by atoms with Gasteiger partial charge in [0.15, 0.2) is 0 Å². The summed E-state index contributed by atoms with van der Waals surface area (Å²) < 4.78 is 0. The molecule has 0 unspecified atom stereocenters. The van der Waals surface area contributed by atoms with Gasteiger partial charge in [0.25, 0.3) is 0 Å². The monoisotopic (exact) mass is 146 g/mol. The molecule has 9 heavy (non-hydrogen) atoms. The average Bonchev–Trinajstić information content (AvgIpc) is 1.89. The maximum absolute atomic E-state index is 5.38. The van der Waals surface area contributed by atoms with Crippen LogP contribution in [0.2, 0.25) is 0 Å². The van der Waals surface area contributed by atoms with E-state index in [1.54, 1.807) is 5.88 Å². The van der Waals surface area contributed by atoms with Crippen LogP contribution in [0, 0.1) is 12.8 Å². The number of rotatable bonds is 6. The molecule has 0 bridgehead atoms. The molecule has 0 aromatic rings. The zero-order chi connectivity index (χ0) is 6.95. The Morgan fingerprint density at radius 3 is 2.33 bits per heavy atom. The lowest BCUT2D eigenvalue weighted by Crippen LogP contribution is -1.75. The highest BCUT2D eigenvalue weighted by Crippen LogP contribution is 2.06. The molecule has 1 heteroatoms. The van der Waals surface area contributed by atoms with Gasteiger partial charge in [-0.3, -0.25) is 0 Å². The van der Waals surface area contributed by atoms with Crippen LogP contribution in [-0.2, 0) is 0 Å². The van der Waals surface area contributed by atoms with Gasteiger partial charge in [0, 0.05) is 5.88 Å². The maximum atomic E-state index is 5.38. The predicted octanol–water partition coefficient (Wildman–Crippen LogP) is 3.56. The second-order valence-corrected chi connectivity index (χ2v) is 2.52. The Hall–Kier alpha value is 0.290. The largest absolute Gasteiger partial charge is 0.121 e. The van der Waals surface area contributed by atoms with Gasteiger partial charge in [-0.1, -0.05) is 39.0 Å². The molecule has 0 heterocycles. The summed E-state index contributed by atoms with van der Waals surface area (Å²) in [6.07, 6.45) is 7.25. The van der Waals surface area contributed by atoms with Crippen molar-refractivity contribution < 1.29 is 0 Å². The predicted molar refractivity (Wildman–Crippen MR) is 43.2 cm³/mol. The molecule has 0 N–H and O–H groups in total. The summed E-state index contributed by atoms with van der Waals surface area (Å²) in [5.41, 5.74) is 0. The summed E-state index contributed by atoms with van der Waals surface area (Å²) in [5.74, 6) is 1.71. The molecule has 2 radical (unpaired) electrons. The van der Waals surface area contributed by atoms with Crippen LogP contribution in [-0.4, -0.2) is 0 Å². The second-order valence-electron chi connectivity index (χ2n) is 2.21. The fraction of sp³-hybridized carbons (Fsp3) is 0.750. The highest BCUT2D eigenvalue weighted by molar-refractivity contribution is 6.23. The van der Waals surface area contributed by atoms with E-state index in [0.29, 0.717) is 0 Å². The molecule has 0 nitrogen and oxygen atoms in total. The fourth-order valence-electron chi connectivity index (χ4n) is 0.752. The van der Waals surface area contributed by atoms with Crippen LogP contribution in [0.15, 0.2) is 0 Å². The molecule has 0 aliphatic rings. The van der Waals surface area contributed by atoms with Crippen LogP contribution < -0.4 is 0 Å². The van der Waals surface area contributed by atoms with Crippen molar-refractivity contribution in [1.82, 2.24) is 0 Å². The van der Waals surface area contributed by atoms with Crippen molar-refractivity contribution in [3.05, 3.63) is 12.8 Å². The number of hydrogen-bond donors (Lipinski definition) is 0. The smallest absolute Gasteiger partial charge is 0.0499 e. The van der Waals surface area contributed by atoms with Crippen LogP contribution in [0.4, 0.5) is 0 Å². The van der Waals surface area contributed by atoms with E-state index in [0.717, 1.165) is 12.8 Å². The third-order valence-electron chi connectivity index (χ3n) is 1.31. The second kappa shape index (κ2) is 8.29. The Bertz CT molecular complexity index is 37.8. The van der Waals surface area contributed by atoms with Gasteiger partial charge in [0.05, 0.1) is 0 Å². The Labute approximate surface area is 63.6 Å². The van der Waals surface area contributed by atoms with Crippen LogP contribution >= 0.6 is 11.6 Å². The first kappa shape index (κ1) is 9.29. The van der Waals surface area contributed by atoms with Gasteiger partial charge < -0.3 is 0 Å². The molecule has 0 rings (SSSR count). The Morgan fingerprint density at radius 1 is 1.11 bits per heavy atom. The van der Waals surface area contributed by atoms with Crippen molar-refractivity contribution in [1.29, 1.82) is 0 Å². The van der Waals surface area contributed by atoms with E-state index < -0.39 is 0 Å². The van der Waals surface area contributed by atoms with Crippen LogP contribution in [0.1, 0.15) is 38.5 Å². The van der Waals surface area contributed by atoms with Crippen molar-refractivity contribution in [2.45, 2.75) is 38.5 Å². The van der Waals surface area contributed by atoms with Crippen molar-refractivity contribution >= 4 is 11.6 Å². The minimum atomic E-state index is 1.05. The minimum absolute atomic E-state index is 1.05. The van der Waals surface area contributed by atoms with E-state index in [1.165, 1.54) is 25.7 Å². The molecule has 0 saturated carbocycles. The summed E-state index contributed by atoms with van der Waals surface area (Å²) in [4.78, 5) is 0. The van der Waals surface area contributed by atoms with Crippen LogP contribution in [0.3, 0.4) is 0 Å². The fourth-order valence-corrected chi connectivity index (χ4v) is 0.906. The zero-order valence-corrected chi connectivity index (χ0v) is 6.66. The standard InChI is InChI=1S/C8H15Cl/c1-2-3-4-5-6-7-8-9/h8H,1-7H2. The van der Waals surface area contributed by atoms with Gasteiger partial charge in [-0.25, -0.2) is 0 Å². The number of hydrogen-bond acceptors (Lipinski definition) is 0. The molecule has 0 amide bonds. The van der Waals surface area contributed by atoms with Gasteiger partial charge in [0.2, 0.25) is 0 Å². The molecule has 0 atom stereocenters. The van der Waals surface area contributed by atoms with Crippen molar-refractivity contribution in [3.8, 4) is 0 Å². The van der Waals surface area contributed by atoms with Crippen LogP contribution in [0.5, 0.6) is 0 Å². The molecular weight excluding hydrogens is 132 g/mol. The quantitative estimate of drug-likeness (QED) is 0.503. The lowest BCUT2D eigenvalue weighted by molar-refractivity contribution is 0.648. The first-order valence-corrected chi connectivity index (χ1v) is 4.06. The molecule has 0 spiro atoms. The van der Waals surface area contributed by atoms with E-state index >= 15 is 0 Å². The molecule has 0 aliphatic carbocycles. The highest BCUT2D eigenvalue weighted by atomic mass is 35.5. The van der Waals surface area contributed by atoms with Crippen molar-refractivity contribution in [3.63, 3.8) is 0 Å². The Kier molecular flexibility index (Phi) is 8.56. The highest BCUT2D eigenvalue weighted by Gasteiger charge is 1.86. The van der Waals surface area contributed by atoms with Gasteiger partial charge >= 0.3 is 0 Å². The summed E-state index contributed by atoms with van der Waals surface area (Å²) in [6, 6.07) is 0. The van der Waals surface area contributed by atoms with E-state index in [1.807, 2.05) is 0 Å². The molecule has 0 aromatic carbocycles. The molecule has 0 aliphatic heterocycles. The molecule has 0 aromatic heterocycles. The lowest BCUT2D eigenvalue weighted by Gasteiger charge is -1.95. The van der Waals surface area contributed by atoms with E-state index in [-0.39, 0.29) is 0 Å². The minimum Gasteiger partial charge on any atom is -0.121 e. The SMILES string of the molecule is [CH2]CCCCCC[CH]Cl. The number of unbranched alkanes of at least 4 members (excludes halogenated alkanes) is 5. The summed E-state index contributed by atoms with van der Waals surface area (Å²) >= 11 is 5.38. The average molecular weight is 147 g/mol.